The van der Waals surface area contributed by atoms with Crippen LogP contribution in [0, 0.1) is 0 Å². The highest BCUT2D eigenvalue weighted by molar-refractivity contribution is 9.10. The van der Waals surface area contributed by atoms with Crippen molar-refractivity contribution >= 4 is 67.7 Å². The second-order valence-corrected chi connectivity index (χ2v) is 13.1. The quantitative estimate of drug-likeness (QED) is 0.0693. The number of fused-ring (bicyclic) bond motifs is 1. The predicted octanol–water partition coefficient (Wildman–Crippen LogP) is 4.73. The van der Waals surface area contributed by atoms with Gasteiger partial charge < -0.3 is 25.7 Å². The highest BCUT2D eigenvalue weighted by Crippen LogP contribution is 2.42. The van der Waals surface area contributed by atoms with Gasteiger partial charge in [0.2, 0.25) is 0 Å². The highest BCUT2D eigenvalue weighted by atomic mass is 79.9. The lowest BCUT2D eigenvalue weighted by Gasteiger charge is -2.49. The average molecular weight is 721 g/mol. The number of hydrogen-bond acceptors (Lipinski definition) is 11. The molecule has 1 aromatic heterocycles. The van der Waals surface area contributed by atoms with Crippen LogP contribution in [0.5, 0.6) is 5.75 Å². The number of nitrogens with two attached hydrogens (primary N) is 1. The third-order valence-corrected chi connectivity index (χ3v) is 9.81. The van der Waals surface area contributed by atoms with Crippen LogP contribution in [0.15, 0.2) is 111 Å². The number of oxime groups is 1. The molecule has 4 aromatic rings. The molecule has 2 aliphatic heterocycles. The van der Waals surface area contributed by atoms with Crippen molar-refractivity contribution in [2.24, 2.45) is 5.16 Å². The zero-order valence-corrected chi connectivity index (χ0v) is 27.1. The Balaban J connectivity index is 1.28. The summed E-state index contributed by atoms with van der Waals surface area (Å²) >= 11 is 5.85. The van der Waals surface area contributed by atoms with E-state index in [0.29, 0.717) is 17.1 Å². The number of β-lactam (4-membered cyclic amide) rings is 1. The fourth-order valence-electron chi connectivity index (χ4n) is 5.05. The average Bonchev–Trinajstić information content (AvgIpc) is 3.51. The first-order valence-corrected chi connectivity index (χ1v) is 16.7. The van der Waals surface area contributed by atoms with Crippen LogP contribution < -0.4 is 15.8 Å². The summed E-state index contributed by atoms with van der Waals surface area (Å²) in [5, 5.41) is 16.3. The Morgan fingerprint density at radius 1 is 1.07 bits per heavy atom. The first kappa shape index (κ1) is 31.3. The van der Waals surface area contributed by atoms with Crippen molar-refractivity contribution in [3.63, 3.8) is 0 Å². The van der Waals surface area contributed by atoms with Gasteiger partial charge >= 0.3 is 5.97 Å². The van der Waals surface area contributed by atoms with E-state index in [1.165, 1.54) is 22.0 Å². The molecular formula is C32H26BrN5O6S2. The van der Waals surface area contributed by atoms with Gasteiger partial charge in [-0.1, -0.05) is 81.7 Å². The SMILES string of the molecule is Nc1nc(C(=NO)C(=O)NC2C(=O)N3C(C(=O)OC(c4ccccc4)c4ccccc4)=C(COc4ccc(Br)cc4)CS[C@@H]23)cs1. The topological polar surface area (TPSA) is 156 Å². The van der Waals surface area contributed by atoms with Gasteiger partial charge in [0.25, 0.3) is 11.8 Å². The van der Waals surface area contributed by atoms with Gasteiger partial charge in [-0.3, -0.25) is 14.5 Å². The Morgan fingerprint density at radius 2 is 1.72 bits per heavy atom. The van der Waals surface area contributed by atoms with Crippen molar-refractivity contribution in [1.29, 1.82) is 0 Å². The number of aromatic nitrogens is 1. The summed E-state index contributed by atoms with van der Waals surface area (Å²) in [5.41, 5.74) is 7.50. The number of nitrogens with zero attached hydrogens (tertiary/aromatic N) is 3. The standard InChI is InChI=1S/C32H26BrN5O6S2/c33-21-11-13-22(14-12-21)43-15-20-16-45-30-25(36-28(39)24(37-42)23-17-46-32(34)35-23)29(40)38(30)26(20)31(41)44-27(18-7-3-1-4-8-18)19-9-5-2-6-10-19/h1-14,17,25,27,30,42H,15-16H2,(H2,34,35)(H,36,39)/t25?,30-/m0/s1. The summed E-state index contributed by atoms with van der Waals surface area (Å²) in [6.07, 6.45) is -0.746. The van der Waals surface area contributed by atoms with E-state index in [0.717, 1.165) is 26.9 Å². The number of thioether (sulfide) groups is 1. The zero-order chi connectivity index (χ0) is 32.2. The van der Waals surface area contributed by atoms with Gasteiger partial charge in [0.15, 0.2) is 16.9 Å². The fraction of sp³-hybridized carbons (Fsp3) is 0.156. The first-order chi connectivity index (χ1) is 22.3. The minimum Gasteiger partial charge on any atom is -0.489 e. The molecule has 1 unspecified atom stereocenters. The van der Waals surface area contributed by atoms with Gasteiger partial charge in [0, 0.05) is 21.2 Å². The number of amides is 2. The number of nitrogen functional groups attached to an aromatic ring is 1. The maximum Gasteiger partial charge on any atom is 0.356 e. The van der Waals surface area contributed by atoms with Crippen molar-refractivity contribution < 1.29 is 29.1 Å². The largest absolute Gasteiger partial charge is 0.489 e. The molecule has 11 nitrogen and oxygen atoms in total. The molecule has 1 saturated heterocycles. The molecule has 0 spiro atoms. The number of esters is 1. The van der Waals surface area contributed by atoms with E-state index >= 15 is 0 Å². The van der Waals surface area contributed by atoms with Crippen LogP contribution in [0.4, 0.5) is 5.13 Å². The molecule has 4 N–H and O–H groups in total. The van der Waals surface area contributed by atoms with Crippen molar-refractivity contribution in [2.75, 3.05) is 18.1 Å². The van der Waals surface area contributed by atoms with Crippen LogP contribution >= 0.6 is 39.0 Å². The van der Waals surface area contributed by atoms with E-state index in [1.54, 1.807) is 12.1 Å². The number of benzene rings is 3. The van der Waals surface area contributed by atoms with E-state index in [1.807, 2.05) is 72.8 Å². The molecule has 1 fully saturated rings. The van der Waals surface area contributed by atoms with Gasteiger partial charge in [-0.05, 0) is 35.4 Å². The molecule has 0 radical (unpaired) electrons. The Morgan fingerprint density at radius 3 is 2.30 bits per heavy atom. The summed E-state index contributed by atoms with van der Waals surface area (Å²) in [4.78, 5) is 46.1. The third kappa shape index (κ3) is 6.50. The molecule has 0 saturated carbocycles. The number of nitrogens with one attached hydrogen (secondary N) is 1. The van der Waals surface area contributed by atoms with Crippen LogP contribution in [0.1, 0.15) is 22.9 Å². The molecule has 234 valence electrons. The van der Waals surface area contributed by atoms with Crippen molar-refractivity contribution in [3.05, 3.63) is 123 Å². The van der Waals surface area contributed by atoms with Crippen molar-refractivity contribution in [1.82, 2.24) is 15.2 Å². The van der Waals surface area contributed by atoms with Gasteiger partial charge in [-0.2, -0.15) is 0 Å². The Bertz CT molecular complexity index is 1780. The van der Waals surface area contributed by atoms with Crippen LogP contribution in [-0.2, 0) is 19.1 Å². The second kappa shape index (κ2) is 13.8. The first-order valence-electron chi connectivity index (χ1n) is 13.9. The monoisotopic (exact) mass is 719 g/mol. The van der Waals surface area contributed by atoms with E-state index in [-0.39, 0.29) is 28.8 Å². The number of hydrogen-bond donors (Lipinski definition) is 3. The van der Waals surface area contributed by atoms with Gasteiger partial charge in [-0.15, -0.1) is 23.1 Å². The fourth-order valence-corrected chi connectivity index (χ4v) is 7.19. The molecule has 2 amide bonds. The molecule has 46 heavy (non-hydrogen) atoms. The normalized spacial score (nSPS) is 17.7. The molecule has 0 bridgehead atoms. The summed E-state index contributed by atoms with van der Waals surface area (Å²) in [7, 11) is 0. The number of anilines is 1. The minimum absolute atomic E-state index is 0.0283. The summed E-state index contributed by atoms with van der Waals surface area (Å²) in [6.45, 7) is 0.0283. The number of rotatable bonds is 10. The molecule has 2 atom stereocenters. The van der Waals surface area contributed by atoms with Crippen LogP contribution in [0.2, 0.25) is 0 Å². The lowest BCUT2D eigenvalue weighted by molar-refractivity contribution is -0.154. The van der Waals surface area contributed by atoms with Gasteiger partial charge in [-0.25, -0.2) is 9.78 Å². The summed E-state index contributed by atoms with van der Waals surface area (Å²) in [5.74, 6) is -1.12. The maximum absolute atomic E-state index is 14.1. The van der Waals surface area contributed by atoms with E-state index in [2.05, 4.69) is 31.4 Å². The minimum atomic E-state index is -0.999. The molecule has 3 heterocycles. The maximum atomic E-state index is 14.1. The lowest BCUT2D eigenvalue weighted by atomic mass is 10.0. The van der Waals surface area contributed by atoms with Crippen molar-refractivity contribution in [3.8, 4) is 5.75 Å². The van der Waals surface area contributed by atoms with E-state index in [4.69, 9.17) is 15.2 Å². The van der Waals surface area contributed by atoms with Crippen LogP contribution in [-0.4, -0.2) is 62.4 Å². The van der Waals surface area contributed by atoms with E-state index < -0.39 is 35.3 Å². The predicted molar refractivity (Wildman–Crippen MR) is 177 cm³/mol. The number of carbonyl (C=O) groups excluding carboxylic acids is 3. The van der Waals surface area contributed by atoms with Crippen molar-refractivity contribution in [2.45, 2.75) is 17.5 Å². The molecule has 2 aliphatic rings. The van der Waals surface area contributed by atoms with Crippen LogP contribution in [0.3, 0.4) is 0 Å². The lowest BCUT2D eigenvalue weighted by Crippen LogP contribution is -2.71. The zero-order valence-electron chi connectivity index (χ0n) is 23.9. The van der Waals surface area contributed by atoms with Gasteiger partial charge in [0.1, 0.15) is 35.2 Å². The Kier molecular flexibility index (Phi) is 9.38. The molecule has 3 aromatic carbocycles. The second-order valence-electron chi connectivity index (χ2n) is 10.2. The Labute approximate surface area is 280 Å². The van der Waals surface area contributed by atoms with E-state index in [9.17, 15) is 19.6 Å². The van der Waals surface area contributed by atoms with Gasteiger partial charge in [0.05, 0.1) is 0 Å². The summed E-state index contributed by atoms with van der Waals surface area (Å²) < 4.78 is 13.1. The number of halogens is 1. The smallest absolute Gasteiger partial charge is 0.356 e. The number of ether oxygens (including phenoxy) is 2. The van der Waals surface area contributed by atoms with Crippen LogP contribution in [0.25, 0.3) is 0 Å². The third-order valence-electron chi connectivity index (χ3n) is 7.26. The number of carbonyl (C=O) groups is 3. The molecule has 14 heteroatoms. The highest BCUT2D eigenvalue weighted by Gasteiger charge is 2.55. The Hall–Kier alpha value is -4.66. The molecule has 6 rings (SSSR count). The summed E-state index contributed by atoms with van der Waals surface area (Å²) in [6, 6.07) is 24.9. The molecular weight excluding hydrogens is 694 g/mol. The number of thiazole rings is 1. The molecule has 0 aliphatic carbocycles.